The maximum atomic E-state index is 13.5. The lowest BCUT2D eigenvalue weighted by Crippen LogP contribution is -2.27. The number of nitrogens with zero attached hydrogens (tertiary/aromatic N) is 1. The Balaban J connectivity index is 1.58. The van der Waals surface area contributed by atoms with Gasteiger partial charge < -0.3 is 9.47 Å². The van der Waals surface area contributed by atoms with Crippen LogP contribution in [-0.2, 0) is 11.4 Å². The van der Waals surface area contributed by atoms with E-state index in [1.54, 1.807) is 48.0 Å². The minimum absolute atomic E-state index is 0.172. The van der Waals surface area contributed by atoms with E-state index in [0.717, 1.165) is 16.1 Å². The Bertz CT molecular complexity index is 1300. The van der Waals surface area contributed by atoms with Gasteiger partial charge in [-0.3, -0.25) is 9.69 Å². The molecular formula is C25H19BrFNO3S3. The quantitative estimate of drug-likeness (QED) is 0.167. The molecule has 3 aromatic rings. The largest absolute Gasteiger partial charge is 0.493 e. The molecule has 0 aliphatic carbocycles. The third kappa shape index (κ3) is 5.49. The molecule has 4 nitrogen and oxygen atoms in total. The Kier molecular flexibility index (Phi) is 7.98. The molecule has 4 rings (SSSR count). The maximum Gasteiger partial charge on any atom is 0.270 e. The Labute approximate surface area is 219 Å². The van der Waals surface area contributed by atoms with Crippen LogP contribution < -0.4 is 14.4 Å². The second-order valence-electron chi connectivity index (χ2n) is 7.17. The van der Waals surface area contributed by atoms with E-state index < -0.39 is 0 Å². The predicted molar refractivity (Wildman–Crippen MR) is 145 cm³/mol. The number of thiocarbonyl (C=S) groups is 1. The van der Waals surface area contributed by atoms with E-state index in [-0.39, 0.29) is 18.3 Å². The van der Waals surface area contributed by atoms with Gasteiger partial charge >= 0.3 is 0 Å². The zero-order valence-corrected chi connectivity index (χ0v) is 22.2. The van der Waals surface area contributed by atoms with Gasteiger partial charge in [-0.15, -0.1) is 11.8 Å². The molecule has 0 spiro atoms. The van der Waals surface area contributed by atoms with Gasteiger partial charge in [-0.25, -0.2) is 4.39 Å². The monoisotopic (exact) mass is 575 g/mol. The number of methoxy groups -OCH3 is 1. The smallest absolute Gasteiger partial charge is 0.270 e. The third-order valence-corrected chi connectivity index (χ3v) is 7.54. The van der Waals surface area contributed by atoms with Crippen molar-refractivity contribution in [1.82, 2.24) is 0 Å². The van der Waals surface area contributed by atoms with Crippen molar-refractivity contribution in [2.24, 2.45) is 0 Å². The summed E-state index contributed by atoms with van der Waals surface area (Å²) in [7, 11) is 1.54. The number of thioether (sulfide) groups is 2. The number of carbonyl (C=O) groups is 1. The van der Waals surface area contributed by atoms with Crippen LogP contribution in [0.2, 0.25) is 0 Å². The van der Waals surface area contributed by atoms with Crippen LogP contribution in [0.5, 0.6) is 11.5 Å². The fraction of sp³-hybridized carbons (Fsp3) is 0.120. The molecule has 0 N–H and O–H groups in total. The van der Waals surface area contributed by atoms with Crippen LogP contribution in [0.3, 0.4) is 0 Å². The average Bonchev–Trinajstić information content (AvgIpc) is 3.10. The highest BCUT2D eigenvalue weighted by Gasteiger charge is 2.33. The highest BCUT2D eigenvalue weighted by Crippen LogP contribution is 2.40. The summed E-state index contributed by atoms with van der Waals surface area (Å²) in [6, 6.07) is 17.6. The third-order valence-electron chi connectivity index (χ3n) is 4.93. The molecule has 0 unspecified atom stereocenters. The van der Waals surface area contributed by atoms with Crippen molar-refractivity contribution in [3.05, 3.63) is 87.0 Å². The predicted octanol–water partition coefficient (Wildman–Crippen LogP) is 7.30. The summed E-state index contributed by atoms with van der Waals surface area (Å²) in [6.45, 7) is 0.180. The van der Waals surface area contributed by atoms with Crippen LogP contribution in [0.4, 0.5) is 10.1 Å². The normalized spacial score (nSPS) is 14.7. The van der Waals surface area contributed by atoms with E-state index in [0.29, 0.717) is 30.8 Å². The molecule has 1 aliphatic rings. The fourth-order valence-corrected chi connectivity index (χ4v) is 5.66. The number of hydrogen-bond acceptors (Lipinski definition) is 6. The molecule has 0 aromatic heterocycles. The highest BCUT2D eigenvalue weighted by molar-refractivity contribution is 9.10. The van der Waals surface area contributed by atoms with Crippen LogP contribution in [0.1, 0.15) is 11.1 Å². The first kappa shape index (κ1) is 24.8. The van der Waals surface area contributed by atoms with Gasteiger partial charge in [-0.2, -0.15) is 0 Å². The molecule has 0 atom stereocenters. The summed E-state index contributed by atoms with van der Waals surface area (Å²) in [5.74, 6) is 0.486. The van der Waals surface area contributed by atoms with Gasteiger partial charge in [-0.05, 0) is 81.9 Å². The summed E-state index contributed by atoms with van der Waals surface area (Å²) in [6.07, 6.45) is 3.77. The molecule has 0 saturated carbocycles. The Hall–Kier alpha value is -2.33. The molecule has 9 heteroatoms. The summed E-state index contributed by atoms with van der Waals surface area (Å²) >= 11 is 11.9. The number of hydrogen-bond donors (Lipinski definition) is 0. The molecule has 3 aromatic carbocycles. The number of amides is 1. The highest BCUT2D eigenvalue weighted by atomic mass is 79.9. The number of benzene rings is 3. The van der Waals surface area contributed by atoms with Crippen molar-refractivity contribution in [2.45, 2.75) is 11.5 Å². The molecule has 0 radical (unpaired) electrons. The van der Waals surface area contributed by atoms with Crippen molar-refractivity contribution in [3.8, 4) is 11.5 Å². The number of carbonyl (C=O) groups excluding carboxylic acids is 1. The number of ether oxygens (including phenoxy) is 2. The maximum absolute atomic E-state index is 13.5. The van der Waals surface area contributed by atoms with Crippen LogP contribution in [0.15, 0.2) is 74.9 Å². The van der Waals surface area contributed by atoms with Gasteiger partial charge in [0, 0.05) is 4.90 Å². The van der Waals surface area contributed by atoms with Crippen LogP contribution >= 0.6 is 51.7 Å². The molecule has 1 aliphatic heterocycles. The lowest BCUT2D eigenvalue weighted by Gasteiger charge is -2.15. The molecule has 1 heterocycles. The molecule has 1 saturated heterocycles. The van der Waals surface area contributed by atoms with Crippen LogP contribution in [0, 0.1) is 5.82 Å². The van der Waals surface area contributed by atoms with Crippen molar-refractivity contribution in [1.29, 1.82) is 0 Å². The summed E-state index contributed by atoms with van der Waals surface area (Å²) in [4.78, 5) is 16.3. The lowest BCUT2D eigenvalue weighted by molar-refractivity contribution is -0.113. The van der Waals surface area contributed by atoms with Gasteiger partial charge in [0.05, 0.1) is 22.2 Å². The summed E-state index contributed by atoms with van der Waals surface area (Å²) in [5.41, 5.74) is 2.20. The van der Waals surface area contributed by atoms with Crippen molar-refractivity contribution >= 4 is 73.7 Å². The molecule has 0 bridgehead atoms. The Morgan fingerprint density at radius 3 is 2.71 bits per heavy atom. The Morgan fingerprint density at radius 2 is 1.97 bits per heavy atom. The number of rotatable bonds is 7. The van der Waals surface area contributed by atoms with Gasteiger partial charge in [0.1, 0.15) is 12.4 Å². The van der Waals surface area contributed by atoms with Gasteiger partial charge in [0.2, 0.25) is 0 Å². The first-order chi connectivity index (χ1) is 16.4. The standard InChI is InChI=1S/C25H19BrFNO3S3/c1-30-21-11-16(10-20(26)23(21)31-14-15-5-3-6-17(27)9-15)12-22-24(29)28(25(32)34-22)18-7-4-8-19(13-18)33-2/h3-13H,14H2,1-2H3/b22-12+. The topological polar surface area (TPSA) is 38.8 Å². The number of halogens is 2. The SMILES string of the molecule is COc1cc(/C=C2/SC(=S)N(c3cccc(SC)c3)C2=O)cc(Br)c1OCc1cccc(F)c1. The van der Waals surface area contributed by atoms with E-state index in [9.17, 15) is 9.18 Å². The first-order valence-corrected chi connectivity index (χ1v) is 13.3. The molecular weight excluding hydrogens is 557 g/mol. The fourth-order valence-electron chi connectivity index (χ4n) is 3.34. The minimum Gasteiger partial charge on any atom is -0.493 e. The van der Waals surface area contributed by atoms with E-state index in [1.165, 1.54) is 23.9 Å². The van der Waals surface area contributed by atoms with Gasteiger partial charge in [0.15, 0.2) is 15.8 Å². The van der Waals surface area contributed by atoms with Gasteiger partial charge in [-0.1, -0.05) is 42.2 Å². The summed E-state index contributed by atoms with van der Waals surface area (Å²) < 4.78 is 26.0. The number of anilines is 1. The molecule has 1 fully saturated rings. The molecule has 34 heavy (non-hydrogen) atoms. The Morgan fingerprint density at radius 1 is 1.18 bits per heavy atom. The zero-order valence-electron chi connectivity index (χ0n) is 18.2. The van der Waals surface area contributed by atoms with E-state index in [1.807, 2.05) is 36.6 Å². The van der Waals surface area contributed by atoms with Crippen molar-refractivity contribution in [2.75, 3.05) is 18.3 Å². The van der Waals surface area contributed by atoms with Crippen molar-refractivity contribution < 1.29 is 18.7 Å². The second kappa shape index (κ2) is 10.9. The molecule has 174 valence electrons. The second-order valence-corrected chi connectivity index (χ2v) is 10.6. The minimum atomic E-state index is -0.319. The van der Waals surface area contributed by atoms with Gasteiger partial charge in [0.25, 0.3) is 5.91 Å². The van der Waals surface area contributed by atoms with Crippen molar-refractivity contribution in [3.63, 3.8) is 0 Å². The van der Waals surface area contributed by atoms with Crippen LogP contribution in [0.25, 0.3) is 6.08 Å². The lowest BCUT2D eigenvalue weighted by atomic mass is 10.1. The van der Waals surface area contributed by atoms with E-state index >= 15 is 0 Å². The first-order valence-electron chi connectivity index (χ1n) is 10.1. The zero-order chi connectivity index (χ0) is 24.2. The summed E-state index contributed by atoms with van der Waals surface area (Å²) in [5, 5.41) is 0. The molecule has 1 amide bonds. The van der Waals surface area contributed by atoms with Crippen LogP contribution in [-0.4, -0.2) is 23.6 Å². The van der Waals surface area contributed by atoms with E-state index in [4.69, 9.17) is 21.7 Å². The van der Waals surface area contributed by atoms with E-state index in [2.05, 4.69) is 15.9 Å². The average molecular weight is 577 g/mol.